The summed E-state index contributed by atoms with van der Waals surface area (Å²) < 4.78 is 0. The number of nitrogens with zero attached hydrogens (tertiary/aromatic N) is 8. The molecule has 6 rings (SSSR count). The van der Waals surface area contributed by atoms with Gasteiger partial charge in [-0.3, -0.25) is 106 Å². The van der Waals surface area contributed by atoms with Crippen LogP contribution in [0.2, 0.25) is 0 Å². The number of urea groups is 2. The topological polar surface area (TPSA) is 706 Å². The SMILES string of the molecule is O=C(O)CC[C@H](NC(=O)N[C@@H](CCCCNC(=O)C1CCC(CNC(=O)C2CCC(CCC(=O)CN3CCN(CC(=O)O)CCN(CC(=O)O)CCN(CC(=O)O)CC3)CC2)CC1)C(=O)O)C(=O)O.O=C(O)CC[C@H](NC(=O)N[C@@H](CCCCNC(=O)C1CCC(CNC(=O)c2ccc(CCC(=O)CN3CCN(CC(=O)O)CCN(CC(=O)O)CCN(CC(=O)O)CC3)cc2)CC1)C(=O)O)C(=O)O. The lowest BCUT2D eigenvalue weighted by molar-refractivity contribution is -0.142. The lowest BCUT2D eigenvalue weighted by Crippen LogP contribution is -2.51. The highest BCUT2D eigenvalue weighted by atomic mass is 16.4. The summed E-state index contributed by atoms with van der Waals surface area (Å²) in [5.41, 5.74) is 1.30. The first kappa shape index (κ1) is 117. The van der Waals surface area contributed by atoms with E-state index < -0.39 is 121 Å². The van der Waals surface area contributed by atoms with E-state index >= 15 is 0 Å². The molecule has 20 N–H and O–H groups in total. The fourth-order valence-corrected chi connectivity index (χ4v) is 17.3. The van der Waals surface area contributed by atoms with Gasteiger partial charge in [0.05, 0.1) is 52.4 Å². The molecule has 0 bridgehead atoms. The number of amides is 8. The Morgan fingerprint density at radius 3 is 0.819 bits per heavy atom. The summed E-state index contributed by atoms with van der Waals surface area (Å²) >= 11 is 0. The highest BCUT2D eigenvalue weighted by Gasteiger charge is 2.35. The number of Topliss-reactive ketones (excluding diaryl/α,β-unsaturated/α-hetero) is 2. The van der Waals surface area contributed by atoms with E-state index in [1.165, 1.54) is 0 Å². The second-order valence-electron chi connectivity index (χ2n) is 36.2. The number of aliphatic carboxylic acids is 12. The number of benzene rings is 1. The molecule has 138 heavy (non-hydrogen) atoms. The zero-order valence-corrected chi connectivity index (χ0v) is 78.4. The Hall–Kier alpha value is -11.7. The minimum atomic E-state index is -1.51. The monoisotopic (exact) mass is 1960 g/mol. The van der Waals surface area contributed by atoms with Gasteiger partial charge < -0.3 is 104 Å². The third kappa shape index (κ3) is 50.1. The molecule has 5 aliphatic rings. The number of ketones is 2. The molecule has 774 valence electrons. The van der Waals surface area contributed by atoms with Crippen LogP contribution in [-0.4, -0.2) is 427 Å². The summed E-state index contributed by atoms with van der Waals surface area (Å²) in [6, 6.07) is -0.808. The van der Waals surface area contributed by atoms with Gasteiger partial charge in [-0.05, 0) is 177 Å². The number of carbonyl (C=O) groups is 20. The minimum Gasteiger partial charge on any atom is -0.481 e. The van der Waals surface area contributed by atoms with E-state index in [4.69, 9.17) is 10.2 Å². The van der Waals surface area contributed by atoms with E-state index in [-0.39, 0.29) is 195 Å². The molecule has 4 atom stereocenters. The van der Waals surface area contributed by atoms with Gasteiger partial charge in [-0.15, -0.1) is 0 Å². The summed E-state index contributed by atoms with van der Waals surface area (Å²) in [7, 11) is 0. The first-order valence-electron chi connectivity index (χ1n) is 47.4. The summed E-state index contributed by atoms with van der Waals surface area (Å²) in [4.78, 5) is 254. The van der Waals surface area contributed by atoms with Crippen LogP contribution in [-0.2, 0) is 87.9 Å². The molecule has 0 radical (unpaired) electrons. The maximum Gasteiger partial charge on any atom is 0.326 e. The van der Waals surface area contributed by atoms with Crippen LogP contribution in [0.4, 0.5) is 9.59 Å². The molecule has 2 saturated heterocycles. The maximum atomic E-state index is 13.3. The number of unbranched alkanes of at least 4 members (excludes halogenated alkanes) is 2. The number of hydrogen-bond donors (Lipinski definition) is 20. The fraction of sp³-hybridized carbons (Fsp3) is 0.711. The van der Waals surface area contributed by atoms with Crippen LogP contribution < -0.4 is 42.5 Å². The Morgan fingerprint density at radius 2 is 0.536 bits per heavy atom. The number of carbonyl (C=O) groups excluding carboxylic acids is 8. The maximum absolute atomic E-state index is 13.3. The van der Waals surface area contributed by atoms with Gasteiger partial charge in [-0.1, -0.05) is 12.1 Å². The summed E-state index contributed by atoms with van der Waals surface area (Å²) in [5, 5.41) is 132. The first-order valence-corrected chi connectivity index (χ1v) is 47.4. The largest absolute Gasteiger partial charge is 0.481 e. The van der Waals surface area contributed by atoms with Crippen molar-refractivity contribution in [2.75, 3.05) is 183 Å². The molecule has 3 saturated carbocycles. The number of rotatable bonds is 54. The van der Waals surface area contributed by atoms with Crippen molar-refractivity contribution < 1.29 is 157 Å². The molecule has 1 aromatic carbocycles. The standard InChI is InChI=1S/C45H74N8O16.C45H68N8O16/c2*54-34(26-50-17-19-51(27-38(57)58)21-23-53(29-40(61)62)24-22-52(20-18-50)28-39(59)60)13-8-30-4-9-33(10-5-30)42(64)47-25-31-6-11-32(12-7-31)41(63)46-16-2-1-3-35(43(65)66)48-45(69)49-36(44(67)68)14-15-37(55)56/h30-33,35-36H,1-29H2,(H,46,63)(H,47,64)(H,55,56)(H,57,58)(H,59,60)(H,61,62)(H,65,66)(H,67,68)(H2,48,49,69);4-5,9-10,31-32,35-36H,1-3,6-8,11-29H2,(H,46,63)(H,47,64)(H,55,56)(H,57,58)(H,59,60)(H,61,62)(H,65,66)(H,67,68)(H2,48,49,69)/t30?,31?,32?,33?,35-,36-;31?,32?,35-,36-/m00/s1. The van der Waals surface area contributed by atoms with Gasteiger partial charge in [0.2, 0.25) is 17.7 Å². The predicted molar refractivity (Wildman–Crippen MR) is 490 cm³/mol. The van der Waals surface area contributed by atoms with Gasteiger partial charge in [-0.25, -0.2) is 28.8 Å². The van der Waals surface area contributed by atoms with E-state index in [9.17, 15) is 147 Å². The van der Waals surface area contributed by atoms with Crippen LogP contribution in [0.25, 0.3) is 0 Å². The molecular weight excluding hydrogens is 1820 g/mol. The highest BCUT2D eigenvalue weighted by Crippen LogP contribution is 2.34. The van der Waals surface area contributed by atoms with E-state index in [1.54, 1.807) is 53.7 Å². The van der Waals surface area contributed by atoms with Crippen LogP contribution in [0, 0.1) is 35.5 Å². The smallest absolute Gasteiger partial charge is 0.326 e. The van der Waals surface area contributed by atoms with Crippen LogP contribution in [0.15, 0.2) is 24.3 Å². The quantitative estimate of drug-likeness (QED) is 0.0364. The number of nitrogens with one attached hydrogen (secondary N) is 8. The molecule has 0 spiro atoms. The molecular formula is C90H142N16O32. The molecule has 0 aromatic heterocycles. The van der Waals surface area contributed by atoms with Gasteiger partial charge in [-0.2, -0.15) is 0 Å². The average molecular weight is 1960 g/mol. The van der Waals surface area contributed by atoms with E-state index in [2.05, 4.69) is 42.5 Å². The van der Waals surface area contributed by atoms with E-state index in [0.717, 1.165) is 56.9 Å². The minimum absolute atomic E-state index is 0.00925. The summed E-state index contributed by atoms with van der Waals surface area (Å²) in [6.07, 6.45) is 10.1. The van der Waals surface area contributed by atoms with E-state index in [0.29, 0.717) is 167 Å². The first-order chi connectivity index (χ1) is 65.5. The predicted octanol–water partition coefficient (Wildman–Crippen LogP) is -0.546. The van der Waals surface area contributed by atoms with Crippen LogP contribution in [0.5, 0.6) is 0 Å². The summed E-state index contributed by atoms with van der Waals surface area (Å²) in [5.74, 6) is -14.5. The molecule has 2 heterocycles. The van der Waals surface area contributed by atoms with Crippen LogP contribution in [0.1, 0.15) is 176 Å². The number of carboxylic acid groups (broad SMARTS) is 12. The Labute approximate surface area is 799 Å². The normalized spacial score (nSPS) is 20.6. The molecule has 1 aromatic rings. The Morgan fingerprint density at radius 1 is 0.275 bits per heavy atom. The summed E-state index contributed by atoms with van der Waals surface area (Å²) in [6.45, 7) is 5.24. The van der Waals surface area contributed by atoms with E-state index in [1.807, 2.05) is 9.80 Å². The molecule has 0 unspecified atom stereocenters. The Bertz CT molecular complexity index is 4100. The van der Waals surface area contributed by atoms with Crippen molar-refractivity contribution in [3.8, 4) is 0 Å². The molecule has 48 heteroatoms. The molecule has 5 fully saturated rings. The number of carboxylic acids is 12. The molecule has 48 nitrogen and oxygen atoms in total. The molecule has 3 aliphatic carbocycles. The van der Waals surface area contributed by atoms with Gasteiger partial charge in [0, 0.05) is 180 Å². The highest BCUT2D eigenvalue weighted by molar-refractivity contribution is 5.94. The second-order valence-corrected chi connectivity index (χ2v) is 36.2. The van der Waals surface area contributed by atoms with Crippen molar-refractivity contribution in [3.05, 3.63) is 35.4 Å². The van der Waals surface area contributed by atoms with Crippen molar-refractivity contribution in [3.63, 3.8) is 0 Å². The van der Waals surface area contributed by atoms with Crippen molar-refractivity contribution >= 4 is 119 Å². The van der Waals surface area contributed by atoms with Crippen LogP contribution >= 0.6 is 0 Å². The number of hydrogen-bond acceptors (Lipinski definition) is 28. The Kier molecular flexibility index (Phi) is 53.9. The zero-order chi connectivity index (χ0) is 102. The second kappa shape index (κ2) is 63.7. The lowest BCUT2D eigenvalue weighted by Gasteiger charge is -2.33. The van der Waals surface area contributed by atoms with Crippen molar-refractivity contribution in [2.45, 2.75) is 191 Å². The van der Waals surface area contributed by atoms with Gasteiger partial charge >= 0.3 is 83.7 Å². The third-order valence-corrected chi connectivity index (χ3v) is 25.5. The van der Waals surface area contributed by atoms with Gasteiger partial charge in [0.25, 0.3) is 5.91 Å². The Balaban J connectivity index is 0.000000487. The third-order valence-electron chi connectivity index (χ3n) is 25.5. The van der Waals surface area contributed by atoms with Crippen LogP contribution in [0.3, 0.4) is 0 Å². The molecule has 8 amide bonds. The average Bonchev–Trinajstić information content (AvgIpc) is 0.866. The van der Waals surface area contributed by atoms with Crippen molar-refractivity contribution in [2.24, 2.45) is 35.5 Å². The zero-order valence-electron chi connectivity index (χ0n) is 78.4. The fourth-order valence-electron chi connectivity index (χ4n) is 17.3. The molecule has 2 aliphatic heterocycles. The van der Waals surface area contributed by atoms with Gasteiger partial charge in [0.15, 0.2) is 0 Å². The van der Waals surface area contributed by atoms with Gasteiger partial charge in [0.1, 0.15) is 35.7 Å². The lowest BCUT2D eigenvalue weighted by atomic mass is 9.79. The van der Waals surface area contributed by atoms with Crippen molar-refractivity contribution in [1.29, 1.82) is 0 Å². The number of aryl methyl sites for hydroxylation is 1. The van der Waals surface area contributed by atoms with Crippen molar-refractivity contribution in [1.82, 2.24) is 81.7 Å².